The average Bonchev–Trinajstić information content (AvgIpc) is 2.48. The summed E-state index contributed by atoms with van der Waals surface area (Å²) in [5.74, 6) is 2.70. The van der Waals surface area contributed by atoms with Crippen LogP contribution in [0.4, 0.5) is 5.82 Å². The lowest BCUT2D eigenvalue weighted by molar-refractivity contribution is 0.325. The number of hydrogen-bond donors (Lipinski definition) is 1. The number of rotatable bonds is 7. The molecule has 0 aliphatic carbocycles. The summed E-state index contributed by atoms with van der Waals surface area (Å²) in [4.78, 5) is 8.62. The number of ether oxygens (including phenoxy) is 1. The van der Waals surface area contributed by atoms with E-state index in [4.69, 9.17) is 4.74 Å². The molecule has 0 saturated carbocycles. The molecule has 1 aromatic carbocycles. The van der Waals surface area contributed by atoms with E-state index in [1.807, 2.05) is 26.0 Å². The molecule has 0 saturated heterocycles. The monoisotopic (exact) mass is 285 g/mol. The zero-order valence-electron chi connectivity index (χ0n) is 13.0. The fraction of sp³-hybridized carbons (Fsp3) is 0.412. The van der Waals surface area contributed by atoms with E-state index in [2.05, 4.69) is 46.5 Å². The molecule has 0 amide bonds. The molecule has 21 heavy (non-hydrogen) atoms. The molecule has 1 N–H and O–H groups in total. The first-order valence-electron chi connectivity index (χ1n) is 7.46. The Balaban J connectivity index is 1.88. The van der Waals surface area contributed by atoms with Crippen LogP contribution < -0.4 is 10.1 Å². The highest BCUT2D eigenvalue weighted by atomic mass is 16.5. The largest absolute Gasteiger partial charge is 0.478 e. The van der Waals surface area contributed by atoms with Gasteiger partial charge in [0.2, 0.25) is 5.88 Å². The van der Waals surface area contributed by atoms with Crippen LogP contribution in [0.25, 0.3) is 0 Å². The number of aromatic nitrogens is 2. The molecule has 1 unspecified atom stereocenters. The number of anilines is 1. The van der Waals surface area contributed by atoms with Gasteiger partial charge in [-0.25, -0.2) is 4.98 Å². The number of nitrogens with one attached hydrogen (secondary N) is 1. The molecule has 2 aromatic rings. The fourth-order valence-electron chi connectivity index (χ4n) is 2.22. The molecule has 0 aliphatic rings. The third-order valence-electron chi connectivity index (χ3n) is 3.36. The van der Waals surface area contributed by atoms with Gasteiger partial charge in [0, 0.05) is 12.6 Å². The normalized spacial score (nSPS) is 12.0. The van der Waals surface area contributed by atoms with Crippen LogP contribution in [0.15, 0.2) is 36.4 Å². The predicted molar refractivity (Wildman–Crippen MR) is 85.9 cm³/mol. The first-order valence-corrected chi connectivity index (χ1v) is 7.46. The van der Waals surface area contributed by atoms with Crippen molar-refractivity contribution in [2.45, 2.75) is 33.1 Å². The zero-order chi connectivity index (χ0) is 15.1. The van der Waals surface area contributed by atoms with Crippen molar-refractivity contribution < 1.29 is 4.74 Å². The van der Waals surface area contributed by atoms with E-state index in [-0.39, 0.29) is 0 Å². The summed E-state index contributed by atoms with van der Waals surface area (Å²) < 4.78 is 5.43. The highest BCUT2D eigenvalue weighted by Gasteiger charge is 2.06. The summed E-state index contributed by atoms with van der Waals surface area (Å²) in [6, 6.07) is 12.4. The molecule has 0 spiro atoms. The van der Waals surface area contributed by atoms with Crippen LogP contribution in [0.5, 0.6) is 5.88 Å². The Bertz CT molecular complexity index is 557. The van der Waals surface area contributed by atoms with Crippen molar-refractivity contribution in [3.05, 3.63) is 47.8 Å². The summed E-state index contributed by atoms with van der Waals surface area (Å²) in [5, 5.41) is 3.35. The summed E-state index contributed by atoms with van der Waals surface area (Å²) in [5.41, 5.74) is 1.37. The van der Waals surface area contributed by atoms with Gasteiger partial charge in [-0.3, -0.25) is 0 Å². The van der Waals surface area contributed by atoms with E-state index in [0.29, 0.717) is 18.4 Å². The number of aryl methyl sites for hydroxylation is 1. The smallest absolute Gasteiger partial charge is 0.218 e. The van der Waals surface area contributed by atoms with Gasteiger partial charge >= 0.3 is 0 Å². The first-order chi connectivity index (χ1) is 10.2. The Labute approximate surface area is 126 Å². The van der Waals surface area contributed by atoms with Gasteiger partial charge in [0.1, 0.15) is 11.6 Å². The molecule has 4 heteroatoms. The van der Waals surface area contributed by atoms with Crippen LogP contribution in [-0.2, 0) is 0 Å². The van der Waals surface area contributed by atoms with Crippen molar-refractivity contribution in [2.75, 3.05) is 18.5 Å². The van der Waals surface area contributed by atoms with Crippen LogP contribution in [0.3, 0.4) is 0 Å². The highest BCUT2D eigenvalue weighted by molar-refractivity contribution is 5.38. The van der Waals surface area contributed by atoms with Gasteiger partial charge in [-0.15, -0.1) is 0 Å². The van der Waals surface area contributed by atoms with E-state index >= 15 is 0 Å². The number of nitrogens with zero attached hydrogens (tertiary/aromatic N) is 2. The third kappa shape index (κ3) is 4.74. The Hall–Kier alpha value is -2.10. The molecule has 1 aromatic heterocycles. The van der Waals surface area contributed by atoms with Gasteiger partial charge in [-0.05, 0) is 31.7 Å². The molecule has 1 atom stereocenters. The Morgan fingerprint density at radius 3 is 2.67 bits per heavy atom. The van der Waals surface area contributed by atoms with E-state index in [1.165, 1.54) is 5.56 Å². The van der Waals surface area contributed by atoms with Crippen molar-refractivity contribution in [1.82, 2.24) is 9.97 Å². The molecule has 0 radical (unpaired) electrons. The molecule has 112 valence electrons. The lowest BCUT2D eigenvalue weighted by Crippen LogP contribution is -2.08. The van der Waals surface area contributed by atoms with Gasteiger partial charge in [-0.1, -0.05) is 37.3 Å². The fourth-order valence-corrected chi connectivity index (χ4v) is 2.22. The van der Waals surface area contributed by atoms with Gasteiger partial charge in [0.25, 0.3) is 0 Å². The lowest BCUT2D eigenvalue weighted by Gasteiger charge is -2.13. The predicted octanol–water partition coefficient (Wildman–Crippen LogP) is 3.79. The van der Waals surface area contributed by atoms with E-state index in [1.54, 1.807) is 0 Å². The molecule has 1 heterocycles. The average molecular weight is 285 g/mol. The summed E-state index contributed by atoms with van der Waals surface area (Å²) in [7, 11) is 0. The standard InChI is InChI=1S/C17H23N3O/c1-4-21-17-12-16(19-14(3)20-17)18-11-10-13(2)15-8-6-5-7-9-15/h5-9,12-13H,4,10-11H2,1-3H3,(H,18,19,20). The summed E-state index contributed by atoms with van der Waals surface area (Å²) >= 11 is 0. The quantitative estimate of drug-likeness (QED) is 0.840. The van der Waals surface area contributed by atoms with Crippen molar-refractivity contribution in [3.63, 3.8) is 0 Å². The second-order valence-corrected chi connectivity index (χ2v) is 5.10. The molecule has 0 aliphatic heterocycles. The van der Waals surface area contributed by atoms with E-state index in [9.17, 15) is 0 Å². The molecular formula is C17H23N3O. The van der Waals surface area contributed by atoms with Crippen molar-refractivity contribution in [3.8, 4) is 5.88 Å². The van der Waals surface area contributed by atoms with Crippen molar-refractivity contribution in [2.24, 2.45) is 0 Å². The maximum absolute atomic E-state index is 5.43. The minimum absolute atomic E-state index is 0.521. The first kappa shape index (κ1) is 15.3. The lowest BCUT2D eigenvalue weighted by atomic mass is 9.98. The highest BCUT2D eigenvalue weighted by Crippen LogP contribution is 2.19. The van der Waals surface area contributed by atoms with E-state index < -0.39 is 0 Å². The zero-order valence-corrected chi connectivity index (χ0v) is 13.0. The second kappa shape index (κ2) is 7.62. The molecule has 4 nitrogen and oxygen atoms in total. The molecule has 0 fully saturated rings. The maximum atomic E-state index is 5.43. The summed E-state index contributed by atoms with van der Waals surface area (Å²) in [6.45, 7) is 7.55. The van der Waals surface area contributed by atoms with Crippen molar-refractivity contribution in [1.29, 1.82) is 0 Å². The van der Waals surface area contributed by atoms with Gasteiger partial charge < -0.3 is 10.1 Å². The minimum atomic E-state index is 0.521. The Kier molecular flexibility index (Phi) is 5.55. The third-order valence-corrected chi connectivity index (χ3v) is 3.36. The van der Waals surface area contributed by atoms with Gasteiger partial charge in [0.05, 0.1) is 6.61 Å². The Morgan fingerprint density at radius 2 is 1.95 bits per heavy atom. The SMILES string of the molecule is CCOc1cc(NCCC(C)c2ccccc2)nc(C)n1. The summed E-state index contributed by atoms with van der Waals surface area (Å²) in [6.07, 6.45) is 1.05. The van der Waals surface area contributed by atoms with Gasteiger partial charge in [0.15, 0.2) is 0 Å². The van der Waals surface area contributed by atoms with Crippen LogP contribution in [0.1, 0.15) is 37.6 Å². The molecule has 2 rings (SSSR count). The van der Waals surface area contributed by atoms with Crippen LogP contribution in [-0.4, -0.2) is 23.1 Å². The van der Waals surface area contributed by atoms with Crippen LogP contribution >= 0.6 is 0 Å². The second-order valence-electron chi connectivity index (χ2n) is 5.10. The number of benzene rings is 1. The minimum Gasteiger partial charge on any atom is -0.478 e. The van der Waals surface area contributed by atoms with E-state index in [0.717, 1.165) is 24.6 Å². The van der Waals surface area contributed by atoms with Crippen LogP contribution in [0, 0.1) is 6.92 Å². The van der Waals surface area contributed by atoms with Crippen LogP contribution in [0.2, 0.25) is 0 Å². The molecule has 0 bridgehead atoms. The van der Waals surface area contributed by atoms with Gasteiger partial charge in [-0.2, -0.15) is 4.98 Å². The maximum Gasteiger partial charge on any atom is 0.218 e. The molecular weight excluding hydrogens is 262 g/mol. The Morgan fingerprint density at radius 1 is 1.19 bits per heavy atom. The number of hydrogen-bond acceptors (Lipinski definition) is 4. The van der Waals surface area contributed by atoms with Crippen molar-refractivity contribution >= 4 is 5.82 Å². The topological polar surface area (TPSA) is 47.0 Å².